The molecule has 1 heterocycles. The van der Waals surface area contributed by atoms with E-state index in [4.69, 9.17) is 0 Å². The Morgan fingerprint density at radius 3 is 2.42 bits per heavy atom. The van der Waals surface area contributed by atoms with Crippen LogP contribution < -0.4 is 10.6 Å². The largest absolute Gasteiger partial charge is 0.355 e. The van der Waals surface area contributed by atoms with E-state index in [2.05, 4.69) is 37.7 Å². The van der Waals surface area contributed by atoms with Crippen LogP contribution in [0.25, 0.3) is 11.3 Å². The normalized spacial score (nSPS) is 10.5. The van der Waals surface area contributed by atoms with E-state index < -0.39 is 0 Å². The molecular weight excluding hydrogens is 368 g/mol. The molecule has 0 saturated carbocycles. The Bertz CT molecular complexity index is 869. The van der Waals surface area contributed by atoms with Crippen molar-refractivity contribution in [3.05, 3.63) is 59.2 Å². The summed E-state index contributed by atoms with van der Waals surface area (Å²) in [5, 5.41) is 10.4. The summed E-state index contributed by atoms with van der Waals surface area (Å²) in [5.74, 6) is -0.0878. The molecule has 3 aromatic rings. The van der Waals surface area contributed by atoms with Crippen LogP contribution in [0.5, 0.6) is 0 Å². The molecule has 0 aliphatic heterocycles. The standard InChI is InChI=1S/C18H17BrN4O/c1-12(24)21-15-7-4-8-16(10-15)22-14-6-3-5-13(9-14)18-17(19)11-20-23(18)2/h3-11,22H,1-2H3,(H,21,24). The molecule has 2 N–H and O–H groups in total. The van der Waals surface area contributed by atoms with Crippen molar-refractivity contribution in [2.75, 3.05) is 10.6 Å². The lowest BCUT2D eigenvalue weighted by molar-refractivity contribution is -0.114. The predicted octanol–water partition coefficient (Wildman–Crippen LogP) is 4.55. The predicted molar refractivity (Wildman–Crippen MR) is 100 cm³/mol. The second-order valence-electron chi connectivity index (χ2n) is 5.43. The van der Waals surface area contributed by atoms with Gasteiger partial charge in [-0.25, -0.2) is 0 Å². The molecule has 0 bridgehead atoms. The highest BCUT2D eigenvalue weighted by Gasteiger charge is 2.09. The summed E-state index contributed by atoms with van der Waals surface area (Å²) in [6.45, 7) is 1.50. The highest BCUT2D eigenvalue weighted by Crippen LogP contribution is 2.30. The van der Waals surface area contributed by atoms with Crippen LogP contribution in [-0.4, -0.2) is 15.7 Å². The average Bonchev–Trinajstić information content (AvgIpc) is 2.86. The minimum atomic E-state index is -0.0878. The fourth-order valence-electron chi connectivity index (χ4n) is 2.52. The van der Waals surface area contributed by atoms with E-state index in [9.17, 15) is 4.79 Å². The molecule has 1 amide bonds. The lowest BCUT2D eigenvalue weighted by Gasteiger charge is -2.11. The van der Waals surface area contributed by atoms with Crippen LogP contribution in [0, 0.1) is 0 Å². The van der Waals surface area contributed by atoms with E-state index in [1.807, 2.05) is 54.2 Å². The monoisotopic (exact) mass is 384 g/mol. The smallest absolute Gasteiger partial charge is 0.221 e. The Hall–Kier alpha value is -2.60. The molecule has 0 radical (unpaired) electrons. The molecule has 0 spiro atoms. The van der Waals surface area contributed by atoms with Gasteiger partial charge in [-0.3, -0.25) is 9.48 Å². The number of aryl methyl sites for hydroxylation is 1. The number of amides is 1. The van der Waals surface area contributed by atoms with Gasteiger partial charge in [-0.2, -0.15) is 5.10 Å². The van der Waals surface area contributed by atoms with E-state index in [1.165, 1.54) is 6.92 Å². The molecule has 0 fully saturated rings. The summed E-state index contributed by atoms with van der Waals surface area (Å²) in [6, 6.07) is 15.7. The Morgan fingerprint density at radius 2 is 1.75 bits per heavy atom. The number of aromatic nitrogens is 2. The maximum Gasteiger partial charge on any atom is 0.221 e. The van der Waals surface area contributed by atoms with Gasteiger partial charge in [0.25, 0.3) is 0 Å². The van der Waals surface area contributed by atoms with Crippen molar-refractivity contribution in [2.24, 2.45) is 7.05 Å². The van der Waals surface area contributed by atoms with Gasteiger partial charge in [-0.05, 0) is 46.3 Å². The van der Waals surface area contributed by atoms with Crippen molar-refractivity contribution < 1.29 is 4.79 Å². The SMILES string of the molecule is CC(=O)Nc1cccc(Nc2cccc(-c3c(Br)cnn3C)c2)c1. The van der Waals surface area contributed by atoms with Gasteiger partial charge in [0.15, 0.2) is 0 Å². The molecule has 24 heavy (non-hydrogen) atoms. The van der Waals surface area contributed by atoms with Crippen LogP contribution in [0.2, 0.25) is 0 Å². The molecule has 0 aliphatic rings. The number of nitrogens with zero attached hydrogens (tertiary/aromatic N) is 2. The minimum absolute atomic E-state index is 0.0878. The van der Waals surface area contributed by atoms with Crippen molar-refractivity contribution in [3.63, 3.8) is 0 Å². The molecule has 0 atom stereocenters. The molecule has 3 rings (SSSR count). The number of halogens is 1. The van der Waals surface area contributed by atoms with E-state index in [-0.39, 0.29) is 5.91 Å². The number of benzene rings is 2. The third-order valence-corrected chi connectivity index (χ3v) is 4.08. The van der Waals surface area contributed by atoms with E-state index >= 15 is 0 Å². The highest BCUT2D eigenvalue weighted by molar-refractivity contribution is 9.10. The van der Waals surface area contributed by atoms with Gasteiger partial charge in [0, 0.05) is 36.6 Å². The zero-order chi connectivity index (χ0) is 17.1. The summed E-state index contributed by atoms with van der Waals surface area (Å²) in [5.41, 5.74) is 4.71. The van der Waals surface area contributed by atoms with Crippen LogP contribution >= 0.6 is 15.9 Å². The molecular formula is C18H17BrN4O. The fraction of sp³-hybridized carbons (Fsp3) is 0.111. The number of carbonyl (C=O) groups excluding carboxylic acids is 1. The van der Waals surface area contributed by atoms with Crippen molar-refractivity contribution in [1.29, 1.82) is 0 Å². The summed E-state index contributed by atoms with van der Waals surface area (Å²) < 4.78 is 2.79. The summed E-state index contributed by atoms with van der Waals surface area (Å²) in [6.07, 6.45) is 1.78. The average molecular weight is 385 g/mol. The van der Waals surface area contributed by atoms with E-state index in [0.717, 1.165) is 32.8 Å². The topological polar surface area (TPSA) is 59.0 Å². The Labute approximate surface area is 148 Å². The number of rotatable bonds is 4. The molecule has 0 unspecified atom stereocenters. The maximum atomic E-state index is 11.2. The zero-order valence-corrected chi connectivity index (χ0v) is 15.0. The molecule has 5 nitrogen and oxygen atoms in total. The van der Waals surface area contributed by atoms with E-state index in [0.29, 0.717) is 0 Å². The van der Waals surface area contributed by atoms with Crippen LogP contribution in [0.4, 0.5) is 17.1 Å². The summed E-state index contributed by atoms with van der Waals surface area (Å²) in [7, 11) is 1.91. The molecule has 1 aromatic heterocycles. The lowest BCUT2D eigenvalue weighted by atomic mass is 10.1. The van der Waals surface area contributed by atoms with Crippen molar-refractivity contribution in [3.8, 4) is 11.3 Å². The fourth-order valence-corrected chi connectivity index (χ4v) is 3.10. The first-order valence-corrected chi connectivity index (χ1v) is 8.25. The first-order chi connectivity index (χ1) is 11.5. The molecule has 0 aliphatic carbocycles. The summed E-state index contributed by atoms with van der Waals surface area (Å²) >= 11 is 3.53. The zero-order valence-electron chi connectivity index (χ0n) is 13.4. The number of nitrogens with one attached hydrogen (secondary N) is 2. The Morgan fingerprint density at radius 1 is 1.08 bits per heavy atom. The number of anilines is 3. The minimum Gasteiger partial charge on any atom is -0.355 e. The number of hydrogen-bond acceptors (Lipinski definition) is 3. The highest BCUT2D eigenvalue weighted by atomic mass is 79.9. The first-order valence-electron chi connectivity index (χ1n) is 7.45. The number of hydrogen-bond donors (Lipinski definition) is 2. The van der Waals surface area contributed by atoms with Gasteiger partial charge in [0.2, 0.25) is 5.91 Å². The second kappa shape index (κ2) is 6.88. The molecule has 0 saturated heterocycles. The molecule has 6 heteroatoms. The van der Waals surface area contributed by atoms with Crippen LogP contribution in [0.1, 0.15) is 6.92 Å². The van der Waals surface area contributed by atoms with Gasteiger partial charge in [-0.15, -0.1) is 0 Å². The van der Waals surface area contributed by atoms with Gasteiger partial charge in [-0.1, -0.05) is 18.2 Å². The maximum absolute atomic E-state index is 11.2. The Balaban J connectivity index is 1.87. The third-order valence-electron chi connectivity index (χ3n) is 3.50. The molecule has 2 aromatic carbocycles. The first kappa shape index (κ1) is 16.3. The van der Waals surface area contributed by atoms with E-state index in [1.54, 1.807) is 6.20 Å². The van der Waals surface area contributed by atoms with Crippen LogP contribution in [0.3, 0.4) is 0 Å². The van der Waals surface area contributed by atoms with Crippen molar-refractivity contribution in [2.45, 2.75) is 6.92 Å². The molecule has 122 valence electrons. The van der Waals surface area contributed by atoms with Gasteiger partial charge >= 0.3 is 0 Å². The van der Waals surface area contributed by atoms with Crippen molar-refractivity contribution >= 4 is 38.9 Å². The summed E-state index contributed by atoms with van der Waals surface area (Å²) in [4.78, 5) is 11.2. The van der Waals surface area contributed by atoms with Gasteiger partial charge in [0.1, 0.15) is 0 Å². The van der Waals surface area contributed by atoms with Crippen molar-refractivity contribution in [1.82, 2.24) is 9.78 Å². The number of carbonyl (C=O) groups is 1. The van der Waals surface area contributed by atoms with Crippen LogP contribution in [0.15, 0.2) is 59.2 Å². The quantitative estimate of drug-likeness (QED) is 0.693. The lowest BCUT2D eigenvalue weighted by Crippen LogP contribution is -2.05. The third kappa shape index (κ3) is 3.65. The van der Waals surface area contributed by atoms with Gasteiger partial charge in [0.05, 0.1) is 16.4 Å². The Kier molecular flexibility index (Phi) is 4.66. The van der Waals surface area contributed by atoms with Gasteiger partial charge < -0.3 is 10.6 Å². The van der Waals surface area contributed by atoms with Crippen LogP contribution in [-0.2, 0) is 11.8 Å². The second-order valence-corrected chi connectivity index (χ2v) is 6.29.